The molecule has 0 atom stereocenters. The molecule has 2 heteroatoms. The SMILES string of the molecule is C=CCN(CCc1ccc(O)cc1)Cc1ccccc1. The Balaban J connectivity index is 1.92. The van der Waals surface area contributed by atoms with E-state index in [2.05, 4.69) is 35.7 Å². The van der Waals surface area contributed by atoms with Crippen LogP contribution in [0.25, 0.3) is 0 Å². The molecule has 104 valence electrons. The molecule has 0 spiro atoms. The number of aromatic hydroxyl groups is 1. The Hall–Kier alpha value is -2.06. The van der Waals surface area contributed by atoms with E-state index >= 15 is 0 Å². The van der Waals surface area contributed by atoms with Crippen molar-refractivity contribution in [2.24, 2.45) is 0 Å². The molecule has 0 aliphatic carbocycles. The molecule has 2 nitrogen and oxygen atoms in total. The predicted octanol–water partition coefficient (Wildman–Crippen LogP) is 3.62. The van der Waals surface area contributed by atoms with Crippen LogP contribution >= 0.6 is 0 Å². The fourth-order valence-electron chi connectivity index (χ4n) is 2.21. The van der Waals surface area contributed by atoms with Crippen molar-refractivity contribution in [1.82, 2.24) is 4.90 Å². The van der Waals surface area contributed by atoms with E-state index in [1.165, 1.54) is 11.1 Å². The summed E-state index contributed by atoms with van der Waals surface area (Å²) in [6, 6.07) is 17.9. The summed E-state index contributed by atoms with van der Waals surface area (Å²) in [7, 11) is 0. The minimum Gasteiger partial charge on any atom is -0.508 e. The van der Waals surface area contributed by atoms with Crippen molar-refractivity contribution < 1.29 is 5.11 Å². The van der Waals surface area contributed by atoms with Crippen LogP contribution in [0, 0.1) is 0 Å². The second-order valence-electron chi connectivity index (χ2n) is 4.93. The molecule has 0 aromatic heterocycles. The zero-order valence-electron chi connectivity index (χ0n) is 11.7. The van der Waals surface area contributed by atoms with Crippen molar-refractivity contribution >= 4 is 0 Å². The van der Waals surface area contributed by atoms with Gasteiger partial charge < -0.3 is 5.11 Å². The maximum absolute atomic E-state index is 9.29. The molecule has 0 heterocycles. The highest BCUT2D eigenvalue weighted by molar-refractivity contribution is 5.26. The molecule has 20 heavy (non-hydrogen) atoms. The smallest absolute Gasteiger partial charge is 0.115 e. The van der Waals surface area contributed by atoms with Crippen LogP contribution in [0.3, 0.4) is 0 Å². The molecular weight excluding hydrogens is 246 g/mol. The first kappa shape index (κ1) is 14.4. The Labute approximate surface area is 121 Å². The van der Waals surface area contributed by atoms with Gasteiger partial charge in [0.15, 0.2) is 0 Å². The van der Waals surface area contributed by atoms with E-state index in [-0.39, 0.29) is 0 Å². The van der Waals surface area contributed by atoms with Gasteiger partial charge in [0.05, 0.1) is 0 Å². The minimum atomic E-state index is 0.320. The first-order valence-electron chi connectivity index (χ1n) is 6.93. The molecule has 0 radical (unpaired) electrons. The van der Waals surface area contributed by atoms with Gasteiger partial charge in [-0.2, -0.15) is 0 Å². The molecule has 0 bridgehead atoms. The normalized spacial score (nSPS) is 10.7. The van der Waals surface area contributed by atoms with E-state index < -0.39 is 0 Å². The van der Waals surface area contributed by atoms with Gasteiger partial charge in [0.1, 0.15) is 5.75 Å². The zero-order chi connectivity index (χ0) is 14.2. The Bertz CT molecular complexity index is 519. The number of phenols is 1. The highest BCUT2D eigenvalue weighted by atomic mass is 16.3. The highest BCUT2D eigenvalue weighted by Gasteiger charge is 2.04. The van der Waals surface area contributed by atoms with Gasteiger partial charge in [0.25, 0.3) is 0 Å². The van der Waals surface area contributed by atoms with E-state index in [4.69, 9.17) is 0 Å². The molecule has 0 aliphatic rings. The Kier molecular flexibility index (Phi) is 5.39. The largest absolute Gasteiger partial charge is 0.508 e. The lowest BCUT2D eigenvalue weighted by Gasteiger charge is -2.20. The van der Waals surface area contributed by atoms with Crippen LogP contribution in [-0.2, 0) is 13.0 Å². The third-order valence-electron chi connectivity index (χ3n) is 3.29. The molecule has 2 rings (SSSR count). The number of hydrogen-bond acceptors (Lipinski definition) is 2. The van der Waals surface area contributed by atoms with Crippen LogP contribution < -0.4 is 0 Å². The maximum atomic E-state index is 9.29. The third kappa shape index (κ3) is 4.56. The predicted molar refractivity (Wildman–Crippen MR) is 83.7 cm³/mol. The molecule has 0 amide bonds. The van der Waals surface area contributed by atoms with Crippen LogP contribution in [0.2, 0.25) is 0 Å². The standard InChI is InChI=1S/C18H21NO/c1-2-13-19(15-17-6-4-3-5-7-17)14-12-16-8-10-18(20)11-9-16/h2-11,20H,1,12-15H2. The average molecular weight is 267 g/mol. The molecule has 0 saturated carbocycles. The van der Waals surface area contributed by atoms with Crippen molar-refractivity contribution in [3.63, 3.8) is 0 Å². The minimum absolute atomic E-state index is 0.320. The molecule has 1 N–H and O–H groups in total. The fourth-order valence-corrected chi connectivity index (χ4v) is 2.21. The van der Waals surface area contributed by atoms with E-state index in [0.29, 0.717) is 5.75 Å². The molecule has 0 aliphatic heterocycles. The third-order valence-corrected chi connectivity index (χ3v) is 3.29. The molecule has 2 aromatic rings. The Morgan fingerprint density at radius 2 is 1.65 bits per heavy atom. The highest BCUT2D eigenvalue weighted by Crippen LogP contribution is 2.11. The summed E-state index contributed by atoms with van der Waals surface area (Å²) in [4.78, 5) is 2.37. The van der Waals surface area contributed by atoms with Gasteiger partial charge in [0.2, 0.25) is 0 Å². The van der Waals surface area contributed by atoms with Gasteiger partial charge in [-0.25, -0.2) is 0 Å². The van der Waals surface area contributed by atoms with Gasteiger partial charge in [-0.15, -0.1) is 6.58 Å². The summed E-state index contributed by atoms with van der Waals surface area (Å²) in [6.07, 6.45) is 2.92. The summed E-state index contributed by atoms with van der Waals surface area (Å²) in [6.45, 7) is 6.63. The van der Waals surface area contributed by atoms with Gasteiger partial charge in [0, 0.05) is 19.6 Å². The summed E-state index contributed by atoms with van der Waals surface area (Å²) >= 11 is 0. The lowest BCUT2D eigenvalue weighted by atomic mass is 10.1. The number of nitrogens with zero attached hydrogens (tertiary/aromatic N) is 1. The second kappa shape index (κ2) is 7.51. The van der Waals surface area contributed by atoms with E-state index in [1.807, 2.05) is 24.3 Å². The van der Waals surface area contributed by atoms with Crippen molar-refractivity contribution in [1.29, 1.82) is 0 Å². The van der Waals surface area contributed by atoms with Crippen LogP contribution in [-0.4, -0.2) is 23.1 Å². The maximum Gasteiger partial charge on any atom is 0.115 e. The number of benzene rings is 2. The first-order valence-corrected chi connectivity index (χ1v) is 6.93. The monoisotopic (exact) mass is 267 g/mol. The lowest BCUT2D eigenvalue weighted by molar-refractivity contribution is 0.298. The van der Waals surface area contributed by atoms with Gasteiger partial charge in [-0.1, -0.05) is 48.5 Å². The number of rotatable bonds is 7. The summed E-state index contributed by atoms with van der Waals surface area (Å²) in [5, 5.41) is 9.29. The van der Waals surface area contributed by atoms with Crippen molar-refractivity contribution in [2.75, 3.05) is 13.1 Å². The molecule has 0 unspecified atom stereocenters. The molecule has 2 aromatic carbocycles. The number of phenolic OH excluding ortho intramolecular Hbond substituents is 1. The molecule has 0 fully saturated rings. The lowest BCUT2D eigenvalue weighted by Crippen LogP contribution is -2.25. The zero-order valence-corrected chi connectivity index (χ0v) is 11.7. The summed E-state index contributed by atoms with van der Waals surface area (Å²) in [5.74, 6) is 0.320. The average Bonchev–Trinajstić information content (AvgIpc) is 2.48. The molecule has 0 saturated heterocycles. The van der Waals surface area contributed by atoms with E-state index in [0.717, 1.165) is 26.1 Å². The van der Waals surface area contributed by atoms with Gasteiger partial charge in [-0.05, 0) is 29.7 Å². The van der Waals surface area contributed by atoms with Crippen molar-refractivity contribution in [3.05, 3.63) is 78.4 Å². The van der Waals surface area contributed by atoms with Crippen molar-refractivity contribution in [3.8, 4) is 5.75 Å². The number of hydrogen-bond donors (Lipinski definition) is 1. The Morgan fingerprint density at radius 3 is 2.30 bits per heavy atom. The van der Waals surface area contributed by atoms with Crippen LogP contribution in [0.1, 0.15) is 11.1 Å². The topological polar surface area (TPSA) is 23.5 Å². The molecular formula is C18H21NO. The summed E-state index contributed by atoms with van der Waals surface area (Å²) < 4.78 is 0. The Morgan fingerprint density at radius 1 is 0.950 bits per heavy atom. The van der Waals surface area contributed by atoms with Crippen LogP contribution in [0.15, 0.2) is 67.3 Å². The van der Waals surface area contributed by atoms with Crippen LogP contribution in [0.5, 0.6) is 5.75 Å². The van der Waals surface area contributed by atoms with Crippen LogP contribution in [0.4, 0.5) is 0 Å². The van der Waals surface area contributed by atoms with Gasteiger partial charge >= 0.3 is 0 Å². The summed E-state index contributed by atoms with van der Waals surface area (Å²) in [5.41, 5.74) is 2.56. The first-order chi connectivity index (χ1) is 9.78. The van der Waals surface area contributed by atoms with Crippen molar-refractivity contribution in [2.45, 2.75) is 13.0 Å². The van der Waals surface area contributed by atoms with E-state index in [1.54, 1.807) is 12.1 Å². The second-order valence-corrected chi connectivity index (χ2v) is 4.93. The van der Waals surface area contributed by atoms with E-state index in [9.17, 15) is 5.11 Å². The van der Waals surface area contributed by atoms with Gasteiger partial charge in [-0.3, -0.25) is 4.90 Å². The quantitative estimate of drug-likeness (QED) is 0.774. The fraction of sp³-hybridized carbons (Fsp3) is 0.222.